The molecule has 3 heterocycles. The zero-order valence-electron chi connectivity index (χ0n) is 23.6. The van der Waals surface area contributed by atoms with Crippen LogP contribution in [0.2, 0.25) is 0 Å². The maximum atomic E-state index is 14.2. The lowest BCUT2D eigenvalue weighted by atomic mass is 9.48. The van der Waals surface area contributed by atoms with Crippen molar-refractivity contribution in [3.8, 4) is 0 Å². The number of piperidine rings is 2. The molecule has 39 heavy (non-hydrogen) atoms. The molecule has 216 valence electrons. The van der Waals surface area contributed by atoms with Crippen molar-refractivity contribution in [2.75, 3.05) is 39.3 Å². The van der Waals surface area contributed by atoms with Crippen LogP contribution < -0.4 is 10.6 Å². The van der Waals surface area contributed by atoms with E-state index < -0.39 is 11.0 Å². The van der Waals surface area contributed by atoms with Gasteiger partial charge in [0.2, 0.25) is 17.7 Å². The van der Waals surface area contributed by atoms with Crippen molar-refractivity contribution < 1.29 is 19.5 Å². The summed E-state index contributed by atoms with van der Waals surface area (Å²) in [6, 6.07) is 0. The summed E-state index contributed by atoms with van der Waals surface area (Å²) in [5.41, 5.74) is -1.14. The van der Waals surface area contributed by atoms with Crippen LogP contribution in [0.25, 0.3) is 0 Å². The van der Waals surface area contributed by atoms with Crippen LogP contribution in [-0.2, 0) is 14.4 Å². The fourth-order valence-electron chi connectivity index (χ4n) is 10.3. The fraction of sp³-hybridized carbons (Fsp3) is 0.903. The molecule has 8 fully saturated rings. The second-order valence-electron chi connectivity index (χ2n) is 14.8. The summed E-state index contributed by atoms with van der Waals surface area (Å²) in [6.45, 7) is 4.52. The summed E-state index contributed by atoms with van der Waals surface area (Å²) in [4.78, 5) is 45.4. The van der Waals surface area contributed by atoms with E-state index in [1.807, 2.05) is 4.90 Å². The smallest absolute Gasteiger partial charge is 0.249 e. The molecule has 8 rings (SSSR count). The van der Waals surface area contributed by atoms with Gasteiger partial charge in [0, 0.05) is 38.6 Å². The minimum Gasteiger partial charge on any atom is -0.393 e. The molecule has 8 aliphatic rings. The number of aliphatic hydroxyl groups is 1. The number of carbonyl (C=O) groups is 3. The van der Waals surface area contributed by atoms with Gasteiger partial charge in [0.15, 0.2) is 0 Å². The molecule has 3 amide bonds. The van der Waals surface area contributed by atoms with Gasteiger partial charge in [-0.25, -0.2) is 0 Å². The van der Waals surface area contributed by atoms with Crippen molar-refractivity contribution in [2.45, 2.75) is 102 Å². The summed E-state index contributed by atoms with van der Waals surface area (Å²) < 4.78 is 0. The lowest BCUT2D eigenvalue weighted by Gasteiger charge is -2.58. The summed E-state index contributed by atoms with van der Waals surface area (Å²) in [6.07, 6.45) is 13.3. The van der Waals surface area contributed by atoms with E-state index in [1.165, 1.54) is 12.8 Å². The van der Waals surface area contributed by atoms with Gasteiger partial charge in [0.05, 0.1) is 11.5 Å². The molecule has 8 heteroatoms. The number of hydrogen-bond donors (Lipinski definition) is 3. The molecular weight excluding hydrogens is 492 g/mol. The number of hydrogen-bond acceptors (Lipinski definition) is 5. The average Bonchev–Trinajstić information content (AvgIpc) is 3.63. The van der Waals surface area contributed by atoms with Crippen LogP contribution >= 0.6 is 0 Å². The van der Waals surface area contributed by atoms with Gasteiger partial charge in [0.25, 0.3) is 0 Å². The zero-order chi connectivity index (χ0) is 26.8. The van der Waals surface area contributed by atoms with E-state index in [9.17, 15) is 19.5 Å². The van der Waals surface area contributed by atoms with Crippen molar-refractivity contribution in [3.05, 3.63) is 0 Å². The lowest BCUT2D eigenvalue weighted by Crippen LogP contribution is -2.70. The predicted molar refractivity (Wildman–Crippen MR) is 146 cm³/mol. The van der Waals surface area contributed by atoms with E-state index in [-0.39, 0.29) is 41.1 Å². The number of carbonyl (C=O) groups excluding carboxylic acids is 3. The zero-order valence-corrected chi connectivity index (χ0v) is 23.6. The number of amides is 3. The van der Waals surface area contributed by atoms with Gasteiger partial charge in [-0.2, -0.15) is 0 Å². The van der Waals surface area contributed by atoms with Gasteiger partial charge < -0.3 is 25.5 Å². The van der Waals surface area contributed by atoms with Crippen molar-refractivity contribution in [1.82, 2.24) is 20.4 Å². The Morgan fingerprint density at radius 3 is 2.15 bits per heavy atom. The minimum absolute atomic E-state index is 0.0659. The fourth-order valence-corrected chi connectivity index (χ4v) is 10.3. The van der Waals surface area contributed by atoms with Gasteiger partial charge >= 0.3 is 0 Å². The van der Waals surface area contributed by atoms with Crippen molar-refractivity contribution in [1.29, 1.82) is 0 Å². The van der Waals surface area contributed by atoms with Crippen molar-refractivity contribution in [3.63, 3.8) is 0 Å². The highest BCUT2D eigenvalue weighted by atomic mass is 16.3. The molecule has 5 saturated carbocycles. The number of nitrogens with one attached hydrogen (secondary N) is 2. The van der Waals surface area contributed by atoms with Gasteiger partial charge in [-0.05, 0) is 107 Å². The Morgan fingerprint density at radius 1 is 0.846 bits per heavy atom. The molecule has 0 aromatic heterocycles. The predicted octanol–water partition coefficient (Wildman–Crippen LogP) is 2.44. The van der Waals surface area contributed by atoms with Gasteiger partial charge in [0.1, 0.15) is 5.54 Å². The molecule has 3 N–H and O–H groups in total. The third kappa shape index (κ3) is 4.43. The largest absolute Gasteiger partial charge is 0.393 e. The standard InChI is InChI=1S/C31H48N4O4/c36-25-23-14-21-15-24(25)18-30(16-21,17-23)27(38)33-31(6-3-10-32-19-31)28(39)34-11-7-29(8-12-34)9-13-35(20-29)26(37)22-4-1-2-5-22/h21-25,32,36H,1-20H2,(H,33,38)/t21?,23?,24?,25?,30?,31-/m0/s1. The Labute approximate surface area is 233 Å². The second-order valence-corrected chi connectivity index (χ2v) is 14.8. The number of rotatable bonds is 4. The van der Waals surface area contributed by atoms with Gasteiger partial charge in [-0.3, -0.25) is 14.4 Å². The van der Waals surface area contributed by atoms with Gasteiger partial charge in [-0.1, -0.05) is 12.8 Å². The third-order valence-electron chi connectivity index (χ3n) is 12.4. The normalized spacial score (nSPS) is 41.4. The Bertz CT molecular complexity index is 979. The first-order valence-electron chi connectivity index (χ1n) is 16.1. The SMILES string of the molecule is O=C(C1CCCC1)N1CCC2(CCN(C(=O)[C@]3(NC(=O)C45CC6CC(C4)C(O)C(C6)C5)CCCNC3)CC2)C1. The highest BCUT2D eigenvalue weighted by molar-refractivity contribution is 5.94. The molecule has 0 aromatic carbocycles. The number of nitrogens with zero attached hydrogens (tertiary/aromatic N) is 2. The molecule has 3 atom stereocenters. The molecule has 8 nitrogen and oxygen atoms in total. The molecule has 4 bridgehead atoms. The molecule has 0 aromatic rings. The maximum Gasteiger partial charge on any atom is 0.249 e. The van der Waals surface area contributed by atoms with E-state index in [4.69, 9.17) is 0 Å². The molecule has 3 saturated heterocycles. The Morgan fingerprint density at radius 2 is 1.51 bits per heavy atom. The Balaban J connectivity index is 1.01. The molecular formula is C31H48N4O4. The van der Waals surface area contributed by atoms with Crippen LogP contribution in [0.1, 0.15) is 89.9 Å². The van der Waals surface area contributed by atoms with Crippen molar-refractivity contribution in [2.24, 2.45) is 34.5 Å². The second kappa shape index (κ2) is 9.71. The Kier molecular flexibility index (Phi) is 6.54. The highest BCUT2D eigenvalue weighted by Crippen LogP contribution is 2.60. The maximum absolute atomic E-state index is 14.2. The molecule has 3 aliphatic heterocycles. The third-order valence-corrected chi connectivity index (χ3v) is 12.4. The Hall–Kier alpha value is -1.67. The summed E-state index contributed by atoms with van der Waals surface area (Å²) >= 11 is 0. The van der Waals surface area contributed by atoms with Crippen LogP contribution in [0.4, 0.5) is 0 Å². The first kappa shape index (κ1) is 26.2. The van der Waals surface area contributed by atoms with Crippen LogP contribution in [0, 0.1) is 34.5 Å². The first-order valence-corrected chi connectivity index (χ1v) is 16.1. The lowest BCUT2D eigenvalue weighted by molar-refractivity contribution is -0.167. The summed E-state index contributed by atoms with van der Waals surface area (Å²) in [5.74, 6) is 1.77. The van der Waals surface area contributed by atoms with Gasteiger partial charge in [-0.15, -0.1) is 0 Å². The molecule has 2 unspecified atom stereocenters. The van der Waals surface area contributed by atoms with Crippen LogP contribution in [0.3, 0.4) is 0 Å². The van der Waals surface area contributed by atoms with Crippen LogP contribution in [0.15, 0.2) is 0 Å². The molecule has 0 radical (unpaired) electrons. The highest BCUT2D eigenvalue weighted by Gasteiger charge is 2.59. The number of likely N-dealkylation sites (tertiary alicyclic amines) is 2. The monoisotopic (exact) mass is 540 g/mol. The minimum atomic E-state index is -0.873. The quantitative estimate of drug-likeness (QED) is 0.509. The van der Waals surface area contributed by atoms with Crippen molar-refractivity contribution >= 4 is 17.7 Å². The van der Waals surface area contributed by atoms with Crippen LogP contribution in [0.5, 0.6) is 0 Å². The van der Waals surface area contributed by atoms with E-state index in [0.717, 1.165) is 90.3 Å². The van der Waals surface area contributed by atoms with E-state index >= 15 is 0 Å². The summed E-state index contributed by atoms with van der Waals surface area (Å²) in [7, 11) is 0. The topological polar surface area (TPSA) is 102 Å². The average molecular weight is 541 g/mol. The van der Waals surface area contributed by atoms with Crippen LogP contribution in [-0.4, -0.2) is 83.5 Å². The first-order chi connectivity index (χ1) is 18.8. The van der Waals surface area contributed by atoms with E-state index in [2.05, 4.69) is 15.5 Å². The molecule has 5 aliphatic carbocycles. The van der Waals surface area contributed by atoms with E-state index in [1.54, 1.807) is 0 Å². The summed E-state index contributed by atoms with van der Waals surface area (Å²) in [5, 5.41) is 17.5. The molecule has 1 spiro atoms. The number of aliphatic hydroxyl groups excluding tert-OH is 1. The van der Waals surface area contributed by atoms with E-state index in [0.29, 0.717) is 37.9 Å².